The summed E-state index contributed by atoms with van der Waals surface area (Å²) >= 11 is 18.1. The third-order valence-corrected chi connectivity index (χ3v) is 5.38. The van der Waals surface area contributed by atoms with Crippen LogP contribution in [0.25, 0.3) is 0 Å². The van der Waals surface area contributed by atoms with E-state index in [4.69, 9.17) is 34.8 Å². The second kappa shape index (κ2) is 6.92. The van der Waals surface area contributed by atoms with E-state index < -0.39 is 11.8 Å². The number of hydrogen-bond acceptors (Lipinski definition) is 4. The highest BCUT2D eigenvalue weighted by atomic mass is 35.5. The van der Waals surface area contributed by atoms with Gasteiger partial charge in [-0.05, 0) is 24.7 Å². The van der Waals surface area contributed by atoms with Crippen molar-refractivity contribution in [3.63, 3.8) is 0 Å². The first-order valence-electron chi connectivity index (χ1n) is 7.65. The molecule has 3 rings (SSSR count). The van der Waals surface area contributed by atoms with Crippen molar-refractivity contribution in [2.45, 2.75) is 6.92 Å². The topological polar surface area (TPSA) is 43.9 Å². The van der Waals surface area contributed by atoms with Crippen LogP contribution in [0.3, 0.4) is 0 Å². The molecule has 1 aromatic rings. The fourth-order valence-corrected chi connectivity index (χ4v) is 3.49. The highest BCUT2D eigenvalue weighted by molar-refractivity contribution is 6.52. The Morgan fingerprint density at radius 2 is 1.62 bits per heavy atom. The molecule has 0 aromatic heterocycles. The molecule has 0 radical (unpaired) electrons. The van der Waals surface area contributed by atoms with E-state index in [0.717, 1.165) is 24.5 Å². The lowest BCUT2D eigenvalue weighted by Crippen LogP contribution is -2.47. The third-order valence-electron chi connectivity index (χ3n) is 4.30. The molecule has 5 nitrogen and oxygen atoms in total. The Bertz CT molecular complexity index is 727. The Morgan fingerprint density at radius 3 is 2.21 bits per heavy atom. The number of carbonyl (C=O) groups is 2. The largest absolute Gasteiger partial charge is 0.363 e. The van der Waals surface area contributed by atoms with Gasteiger partial charge in [0.25, 0.3) is 11.8 Å². The maximum atomic E-state index is 12.8. The van der Waals surface area contributed by atoms with Crippen molar-refractivity contribution in [1.82, 2.24) is 9.80 Å². The standard InChI is InChI=1S/C16H16Cl3N3O2/c1-2-20-5-7-21(8-6-20)14-13(19)15(23)22(16(14)24)10-3-4-11(17)12(18)9-10/h3-4,9H,2,5-8H2,1H3. The highest BCUT2D eigenvalue weighted by Gasteiger charge is 2.42. The van der Waals surface area contributed by atoms with Crippen molar-refractivity contribution in [3.05, 3.63) is 39.0 Å². The normalized spacial score (nSPS) is 19.7. The minimum Gasteiger partial charge on any atom is -0.363 e. The van der Waals surface area contributed by atoms with E-state index in [-0.39, 0.29) is 15.8 Å². The van der Waals surface area contributed by atoms with Crippen LogP contribution in [-0.4, -0.2) is 54.3 Å². The van der Waals surface area contributed by atoms with Crippen LogP contribution in [0.15, 0.2) is 28.9 Å². The smallest absolute Gasteiger partial charge is 0.283 e. The van der Waals surface area contributed by atoms with Crippen LogP contribution in [0.5, 0.6) is 0 Å². The van der Waals surface area contributed by atoms with Gasteiger partial charge in [0.2, 0.25) is 0 Å². The van der Waals surface area contributed by atoms with Gasteiger partial charge >= 0.3 is 0 Å². The molecule has 0 N–H and O–H groups in total. The van der Waals surface area contributed by atoms with Crippen molar-refractivity contribution in [2.24, 2.45) is 0 Å². The van der Waals surface area contributed by atoms with E-state index in [1.807, 2.05) is 4.90 Å². The lowest BCUT2D eigenvalue weighted by molar-refractivity contribution is -0.121. The van der Waals surface area contributed by atoms with Crippen LogP contribution >= 0.6 is 34.8 Å². The number of imide groups is 1. The van der Waals surface area contributed by atoms with E-state index in [0.29, 0.717) is 23.8 Å². The molecular weight excluding hydrogens is 373 g/mol. The molecule has 0 unspecified atom stereocenters. The zero-order valence-corrected chi connectivity index (χ0v) is 15.3. The van der Waals surface area contributed by atoms with Crippen molar-refractivity contribution in [1.29, 1.82) is 0 Å². The Labute approximate surface area is 155 Å². The number of rotatable bonds is 3. The van der Waals surface area contributed by atoms with Crippen molar-refractivity contribution in [3.8, 4) is 0 Å². The van der Waals surface area contributed by atoms with E-state index in [1.54, 1.807) is 12.1 Å². The lowest BCUT2D eigenvalue weighted by Gasteiger charge is -2.35. The van der Waals surface area contributed by atoms with Gasteiger partial charge in [-0.3, -0.25) is 9.59 Å². The van der Waals surface area contributed by atoms with Gasteiger partial charge < -0.3 is 9.80 Å². The zero-order valence-electron chi connectivity index (χ0n) is 13.1. The van der Waals surface area contributed by atoms with Gasteiger partial charge in [-0.2, -0.15) is 0 Å². The zero-order chi connectivity index (χ0) is 17.4. The number of amides is 2. The Morgan fingerprint density at radius 1 is 0.958 bits per heavy atom. The molecular formula is C16H16Cl3N3O2. The van der Waals surface area contributed by atoms with Gasteiger partial charge in [-0.1, -0.05) is 41.7 Å². The van der Waals surface area contributed by atoms with E-state index >= 15 is 0 Å². The number of hydrogen-bond donors (Lipinski definition) is 0. The molecule has 2 amide bonds. The molecule has 0 bridgehead atoms. The Hall–Kier alpha value is -1.27. The number of nitrogens with zero attached hydrogens (tertiary/aromatic N) is 3. The summed E-state index contributed by atoms with van der Waals surface area (Å²) in [6.07, 6.45) is 0. The first-order valence-corrected chi connectivity index (χ1v) is 8.78. The molecule has 1 aromatic carbocycles. The predicted octanol–water partition coefficient (Wildman–Crippen LogP) is 2.95. The maximum Gasteiger partial charge on any atom is 0.283 e. The first-order chi connectivity index (χ1) is 11.4. The number of piperazine rings is 1. The average Bonchev–Trinajstić information content (AvgIpc) is 2.80. The summed E-state index contributed by atoms with van der Waals surface area (Å²) in [5.41, 5.74) is 0.628. The summed E-state index contributed by atoms with van der Waals surface area (Å²) in [6, 6.07) is 4.61. The van der Waals surface area contributed by atoms with Gasteiger partial charge in [0.1, 0.15) is 10.7 Å². The number of likely N-dealkylation sites (N-methyl/N-ethyl adjacent to an activating group) is 1. The minimum atomic E-state index is -0.534. The summed E-state index contributed by atoms with van der Waals surface area (Å²) in [7, 11) is 0. The molecule has 0 spiro atoms. The monoisotopic (exact) mass is 387 g/mol. The van der Waals surface area contributed by atoms with E-state index in [1.165, 1.54) is 6.07 Å². The van der Waals surface area contributed by atoms with Gasteiger partial charge in [-0.15, -0.1) is 0 Å². The summed E-state index contributed by atoms with van der Waals surface area (Å²) in [4.78, 5) is 30.5. The molecule has 8 heteroatoms. The Kier molecular flexibility index (Phi) is 5.06. The maximum absolute atomic E-state index is 12.8. The molecule has 2 heterocycles. The highest BCUT2D eigenvalue weighted by Crippen LogP contribution is 2.34. The van der Waals surface area contributed by atoms with Crippen LogP contribution in [0, 0.1) is 0 Å². The molecule has 128 valence electrons. The van der Waals surface area contributed by atoms with Gasteiger partial charge in [-0.25, -0.2) is 4.90 Å². The van der Waals surface area contributed by atoms with Crippen molar-refractivity contribution >= 4 is 52.3 Å². The summed E-state index contributed by atoms with van der Waals surface area (Å²) in [5, 5.41) is 0.585. The van der Waals surface area contributed by atoms with Crippen LogP contribution < -0.4 is 4.90 Å². The molecule has 1 fully saturated rings. The quantitative estimate of drug-likeness (QED) is 0.747. The van der Waals surface area contributed by atoms with Crippen LogP contribution in [0.1, 0.15) is 6.92 Å². The fourth-order valence-electron chi connectivity index (χ4n) is 2.91. The second-order valence-electron chi connectivity index (χ2n) is 5.63. The molecule has 0 saturated carbocycles. The summed E-state index contributed by atoms with van der Waals surface area (Å²) < 4.78 is 0. The second-order valence-corrected chi connectivity index (χ2v) is 6.82. The van der Waals surface area contributed by atoms with E-state index in [9.17, 15) is 9.59 Å². The molecule has 2 aliphatic heterocycles. The predicted molar refractivity (Wildman–Crippen MR) is 95.5 cm³/mol. The lowest BCUT2D eigenvalue weighted by atomic mass is 10.2. The van der Waals surface area contributed by atoms with Gasteiger partial charge in [0, 0.05) is 26.2 Å². The van der Waals surface area contributed by atoms with Crippen LogP contribution in [-0.2, 0) is 9.59 Å². The third kappa shape index (κ3) is 3.02. The molecule has 0 atom stereocenters. The van der Waals surface area contributed by atoms with E-state index in [2.05, 4.69) is 11.8 Å². The molecule has 1 saturated heterocycles. The first kappa shape index (κ1) is 17.5. The molecule has 2 aliphatic rings. The average molecular weight is 389 g/mol. The van der Waals surface area contributed by atoms with Crippen LogP contribution in [0.4, 0.5) is 5.69 Å². The number of halogens is 3. The minimum absolute atomic E-state index is 0.0454. The van der Waals surface area contributed by atoms with Crippen LogP contribution in [0.2, 0.25) is 10.0 Å². The van der Waals surface area contributed by atoms with Crippen molar-refractivity contribution in [2.75, 3.05) is 37.6 Å². The number of anilines is 1. The summed E-state index contributed by atoms with van der Waals surface area (Å²) in [5.74, 6) is -0.957. The fraction of sp³-hybridized carbons (Fsp3) is 0.375. The van der Waals surface area contributed by atoms with Gasteiger partial charge in [0.15, 0.2) is 0 Å². The number of carbonyl (C=O) groups excluding carboxylic acids is 2. The summed E-state index contributed by atoms with van der Waals surface area (Å²) in [6.45, 7) is 6.04. The van der Waals surface area contributed by atoms with Gasteiger partial charge in [0.05, 0.1) is 15.7 Å². The molecule has 0 aliphatic carbocycles. The molecule has 24 heavy (non-hydrogen) atoms. The number of benzene rings is 1. The van der Waals surface area contributed by atoms with Crippen molar-refractivity contribution < 1.29 is 9.59 Å². The SMILES string of the molecule is CCN1CCN(C2=C(Cl)C(=O)N(c3ccc(Cl)c(Cl)c3)C2=O)CC1. The Balaban J connectivity index is 1.86.